The van der Waals surface area contributed by atoms with Gasteiger partial charge >= 0.3 is 0 Å². The molecule has 5 nitrogen and oxygen atoms in total. The van der Waals surface area contributed by atoms with E-state index >= 15 is 0 Å². The van der Waals surface area contributed by atoms with E-state index in [4.69, 9.17) is 0 Å². The molecular weight excluding hydrogens is 254 g/mol. The highest BCUT2D eigenvalue weighted by atomic mass is 16.2. The summed E-state index contributed by atoms with van der Waals surface area (Å²) >= 11 is 0. The van der Waals surface area contributed by atoms with Crippen molar-refractivity contribution in [1.29, 1.82) is 0 Å². The molecule has 0 aromatic heterocycles. The largest absolute Gasteiger partial charge is 0.355 e. The maximum Gasteiger partial charge on any atom is 0.225 e. The van der Waals surface area contributed by atoms with Crippen molar-refractivity contribution in [3.8, 4) is 0 Å². The van der Waals surface area contributed by atoms with Crippen LogP contribution in [0.1, 0.15) is 45.4 Å². The molecule has 0 aromatic rings. The van der Waals surface area contributed by atoms with E-state index in [0.29, 0.717) is 25.4 Å². The molecular formula is C15H27N3O2. The van der Waals surface area contributed by atoms with Crippen LogP contribution in [-0.2, 0) is 9.59 Å². The molecule has 1 atom stereocenters. The molecule has 0 spiro atoms. The molecule has 5 heteroatoms. The quantitative estimate of drug-likeness (QED) is 0.787. The fourth-order valence-corrected chi connectivity index (χ4v) is 2.96. The maximum absolute atomic E-state index is 12.2. The number of carbonyl (C=O) groups is 2. The minimum atomic E-state index is -0.0363. The Balaban J connectivity index is 1.67. The van der Waals surface area contributed by atoms with Gasteiger partial charge in [-0.25, -0.2) is 0 Å². The summed E-state index contributed by atoms with van der Waals surface area (Å²) in [5.74, 6) is 0.154. The molecule has 0 bridgehead atoms. The number of nitrogens with one attached hydrogen (secondary N) is 2. The fourth-order valence-electron chi connectivity index (χ4n) is 2.96. The van der Waals surface area contributed by atoms with Crippen LogP contribution < -0.4 is 10.6 Å². The smallest absolute Gasteiger partial charge is 0.225 e. The Labute approximate surface area is 121 Å². The molecule has 0 radical (unpaired) electrons. The lowest BCUT2D eigenvalue weighted by Gasteiger charge is -2.33. The molecule has 20 heavy (non-hydrogen) atoms. The average molecular weight is 281 g/mol. The van der Waals surface area contributed by atoms with Crippen molar-refractivity contribution in [3.05, 3.63) is 0 Å². The molecule has 2 aliphatic rings. The van der Waals surface area contributed by atoms with Crippen molar-refractivity contribution >= 4 is 11.8 Å². The molecule has 0 saturated carbocycles. The second kappa shape index (κ2) is 7.62. The molecule has 2 saturated heterocycles. The van der Waals surface area contributed by atoms with Gasteiger partial charge in [-0.15, -0.1) is 0 Å². The molecule has 2 fully saturated rings. The van der Waals surface area contributed by atoms with E-state index in [1.54, 1.807) is 0 Å². The Morgan fingerprint density at radius 3 is 2.70 bits per heavy atom. The number of piperidine rings is 2. The Morgan fingerprint density at radius 2 is 2.10 bits per heavy atom. The first-order chi connectivity index (χ1) is 9.69. The number of amides is 2. The standard InChI is InChI=1S/C15H27N3O2/c1-2-3-8-18-9-6-13(7-10-18)17-15(20)12-4-5-14(19)16-11-12/h12-13H,2-11H2,1H3,(H,16,19)(H,17,20). The summed E-state index contributed by atoms with van der Waals surface area (Å²) in [6.45, 7) is 6.08. The lowest BCUT2D eigenvalue weighted by molar-refractivity contribution is -0.129. The van der Waals surface area contributed by atoms with Gasteiger partial charge in [0.25, 0.3) is 0 Å². The van der Waals surface area contributed by atoms with Gasteiger partial charge in [0.05, 0.1) is 5.92 Å². The van der Waals surface area contributed by atoms with Crippen LogP contribution in [0.2, 0.25) is 0 Å². The van der Waals surface area contributed by atoms with Gasteiger partial charge in [0.15, 0.2) is 0 Å². The third-order valence-electron chi connectivity index (χ3n) is 4.40. The van der Waals surface area contributed by atoms with E-state index < -0.39 is 0 Å². The maximum atomic E-state index is 12.2. The van der Waals surface area contributed by atoms with E-state index in [1.165, 1.54) is 19.4 Å². The molecule has 2 heterocycles. The number of hydrogen-bond donors (Lipinski definition) is 2. The highest BCUT2D eigenvalue weighted by molar-refractivity contribution is 5.83. The third kappa shape index (κ3) is 4.47. The van der Waals surface area contributed by atoms with Gasteiger partial charge in [0.1, 0.15) is 0 Å². The van der Waals surface area contributed by atoms with Crippen molar-refractivity contribution in [2.24, 2.45) is 5.92 Å². The molecule has 2 aliphatic heterocycles. The van der Waals surface area contributed by atoms with Crippen molar-refractivity contribution in [2.45, 2.75) is 51.5 Å². The topological polar surface area (TPSA) is 61.4 Å². The van der Waals surface area contributed by atoms with E-state index in [-0.39, 0.29) is 17.7 Å². The Morgan fingerprint density at radius 1 is 1.35 bits per heavy atom. The van der Waals surface area contributed by atoms with Gasteiger partial charge in [-0.1, -0.05) is 13.3 Å². The lowest BCUT2D eigenvalue weighted by Crippen LogP contribution is -2.49. The highest BCUT2D eigenvalue weighted by Gasteiger charge is 2.27. The average Bonchev–Trinajstić information content (AvgIpc) is 2.47. The molecule has 2 amide bonds. The van der Waals surface area contributed by atoms with Gasteiger partial charge in [-0.3, -0.25) is 9.59 Å². The number of nitrogens with zero attached hydrogens (tertiary/aromatic N) is 1. The number of unbranched alkanes of at least 4 members (excludes halogenated alkanes) is 1. The van der Waals surface area contributed by atoms with Crippen LogP contribution in [-0.4, -0.2) is 48.9 Å². The third-order valence-corrected chi connectivity index (χ3v) is 4.40. The Hall–Kier alpha value is -1.10. The number of hydrogen-bond acceptors (Lipinski definition) is 3. The van der Waals surface area contributed by atoms with E-state index in [2.05, 4.69) is 22.5 Å². The van der Waals surface area contributed by atoms with Gasteiger partial charge in [0, 0.05) is 32.1 Å². The van der Waals surface area contributed by atoms with Gasteiger partial charge in [0.2, 0.25) is 11.8 Å². The summed E-state index contributed by atoms with van der Waals surface area (Å²) in [4.78, 5) is 25.7. The van der Waals surface area contributed by atoms with Crippen molar-refractivity contribution < 1.29 is 9.59 Å². The van der Waals surface area contributed by atoms with Crippen LogP contribution in [0.3, 0.4) is 0 Å². The summed E-state index contributed by atoms with van der Waals surface area (Å²) < 4.78 is 0. The number of carbonyl (C=O) groups excluding carboxylic acids is 2. The summed E-state index contributed by atoms with van der Waals surface area (Å²) in [5.41, 5.74) is 0. The van der Waals surface area contributed by atoms with Crippen LogP contribution in [0.15, 0.2) is 0 Å². The normalized spacial score (nSPS) is 25.2. The minimum absolute atomic E-state index is 0.0363. The first-order valence-corrected chi connectivity index (χ1v) is 7.98. The van der Waals surface area contributed by atoms with E-state index in [1.807, 2.05) is 0 Å². The molecule has 114 valence electrons. The molecule has 0 aromatic carbocycles. The second-order valence-electron chi connectivity index (χ2n) is 6.02. The zero-order chi connectivity index (χ0) is 14.4. The zero-order valence-electron chi connectivity index (χ0n) is 12.5. The SMILES string of the molecule is CCCCN1CCC(NC(=O)C2CCC(=O)NC2)CC1. The van der Waals surface area contributed by atoms with Crippen molar-refractivity contribution in [3.63, 3.8) is 0 Å². The Bertz CT molecular complexity index is 328. The van der Waals surface area contributed by atoms with Crippen LogP contribution >= 0.6 is 0 Å². The molecule has 1 unspecified atom stereocenters. The van der Waals surface area contributed by atoms with E-state index in [0.717, 1.165) is 25.9 Å². The summed E-state index contributed by atoms with van der Waals surface area (Å²) in [6.07, 6.45) is 5.77. The highest BCUT2D eigenvalue weighted by Crippen LogP contribution is 2.15. The fraction of sp³-hybridized carbons (Fsp3) is 0.867. The van der Waals surface area contributed by atoms with Crippen LogP contribution in [0.5, 0.6) is 0 Å². The zero-order valence-corrected chi connectivity index (χ0v) is 12.5. The minimum Gasteiger partial charge on any atom is -0.355 e. The van der Waals surface area contributed by atoms with Gasteiger partial charge < -0.3 is 15.5 Å². The van der Waals surface area contributed by atoms with Crippen molar-refractivity contribution in [1.82, 2.24) is 15.5 Å². The molecule has 0 aliphatic carbocycles. The summed E-state index contributed by atoms with van der Waals surface area (Å²) in [6, 6.07) is 0.318. The van der Waals surface area contributed by atoms with Gasteiger partial charge in [-0.2, -0.15) is 0 Å². The predicted molar refractivity (Wildman–Crippen MR) is 78.2 cm³/mol. The molecule has 2 rings (SSSR count). The lowest BCUT2D eigenvalue weighted by atomic mass is 9.96. The first kappa shape index (κ1) is 15.3. The van der Waals surface area contributed by atoms with Gasteiger partial charge in [-0.05, 0) is 32.2 Å². The van der Waals surface area contributed by atoms with Crippen LogP contribution in [0.4, 0.5) is 0 Å². The monoisotopic (exact) mass is 281 g/mol. The van der Waals surface area contributed by atoms with Crippen LogP contribution in [0, 0.1) is 5.92 Å². The number of likely N-dealkylation sites (tertiary alicyclic amines) is 1. The molecule has 2 N–H and O–H groups in total. The second-order valence-corrected chi connectivity index (χ2v) is 6.02. The van der Waals surface area contributed by atoms with Crippen LogP contribution in [0.25, 0.3) is 0 Å². The summed E-state index contributed by atoms with van der Waals surface area (Å²) in [7, 11) is 0. The van der Waals surface area contributed by atoms with E-state index in [9.17, 15) is 9.59 Å². The number of rotatable bonds is 5. The predicted octanol–water partition coefficient (Wildman–Crippen LogP) is 0.893. The summed E-state index contributed by atoms with van der Waals surface area (Å²) in [5, 5.41) is 5.94. The van der Waals surface area contributed by atoms with Crippen molar-refractivity contribution in [2.75, 3.05) is 26.2 Å². The first-order valence-electron chi connectivity index (χ1n) is 7.98. The Kier molecular flexibility index (Phi) is 5.83.